The summed E-state index contributed by atoms with van der Waals surface area (Å²) < 4.78 is 14.7. The van der Waals surface area contributed by atoms with E-state index in [-0.39, 0.29) is 11.7 Å². The van der Waals surface area contributed by atoms with Gasteiger partial charge in [-0.05, 0) is 62.6 Å². The zero-order chi connectivity index (χ0) is 19.6. The molecule has 27 heavy (non-hydrogen) atoms. The molecule has 1 N–H and O–H groups in total. The molecule has 0 aliphatic heterocycles. The fourth-order valence-corrected chi connectivity index (χ4v) is 3.42. The zero-order valence-electron chi connectivity index (χ0n) is 16.1. The lowest BCUT2D eigenvalue weighted by molar-refractivity contribution is 0.0940. The summed E-state index contributed by atoms with van der Waals surface area (Å²) in [7, 11) is 0. The van der Waals surface area contributed by atoms with Gasteiger partial charge in [-0.15, -0.1) is 0 Å². The molecule has 0 fully saturated rings. The lowest BCUT2D eigenvalue weighted by Gasteiger charge is -2.08. The molecular weight excluding hydrogens is 341 g/mol. The molecule has 0 aliphatic carbocycles. The molecule has 0 saturated heterocycles. The molecule has 140 valence electrons. The summed E-state index contributed by atoms with van der Waals surface area (Å²) in [6, 6.07) is 12.2. The molecule has 0 aliphatic rings. The van der Waals surface area contributed by atoms with Crippen LogP contribution in [0.1, 0.15) is 39.7 Å². The van der Waals surface area contributed by atoms with Gasteiger partial charge in [0, 0.05) is 18.7 Å². The van der Waals surface area contributed by atoms with E-state index in [0.717, 1.165) is 27.9 Å². The molecule has 0 radical (unpaired) electrons. The van der Waals surface area contributed by atoms with Crippen LogP contribution in [-0.2, 0) is 13.1 Å². The van der Waals surface area contributed by atoms with Gasteiger partial charge in [-0.1, -0.05) is 29.8 Å². The highest BCUT2D eigenvalue weighted by molar-refractivity contribution is 5.94. The van der Waals surface area contributed by atoms with Crippen molar-refractivity contribution in [2.24, 2.45) is 0 Å². The Kier molecular flexibility index (Phi) is 5.40. The highest BCUT2D eigenvalue weighted by Crippen LogP contribution is 2.28. The Balaban J connectivity index is 1.86. The smallest absolute Gasteiger partial charge is 0.269 e. The first-order valence-corrected chi connectivity index (χ1v) is 9.07. The number of halogens is 1. The summed E-state index contributed by atoms with van der Waals surface area (Å²) in [6.07, 6.45) is 0. The van der Waals surface area contributed by atoms with E-state index in [1.165, 1.54) is 17.7 Å². The Hall–Kier alpha value is -2.95. The Bertz CT molecular complexity index is 951. The third-order valence-electron chi connectivity index (χ3n) is 4.61. The molecule has 1 aromatic heterocycles. The minimum absolute atomic E-state index is 0.192. The summed E-state index contributed by atoms with van der Waals surface area (Å²) >= 11 is 0. The molecule has 0 unspecified atom stereocenters. The topological polar surface area (TPSA) is 46.9 Å². The van der Waals surface area contributed by atoms with Crippen LogP contribution in [0.5, 0.6) is 0 Å². The van der Waals surface area contributed by atoms with Crippen LogP contribution in [0.25, 0.3) is 11.3 Å². The third-order valence-corrected chi connectivity index (χ3v) is 4.61. The fourth-order valence-electron chi connectivity index (χ4n) is 3.42. The predicted octanol–water partition coefficient (Wildman–Crippen LogP) is 4.56. The van der Waals surface area contributed by atoms with Crippen LogP contribution >= 0.6 is 0 Å². The number of nitrogens with one attached hydrogen (secondary N) is 1. The molecule has 2 aromatic carbocycles. The average Bonchev–Trinajstić information content (AvgIpc) is 3.04. The van der Waals surface area contributed by atoms with E-state index in [1.54, 1.807) is 16.8 Å². The van der Waals surface area contributed by atoms with Gasteiger partial charge in [0.25, 0.3) is 5.91 Å². The van der Waals surface area contributed by atoms with Crippen molar-refractivity contribution in [2.45, 2.75) is 40.8 Å². The molecule has 0 atom stereocenters. The maximum Gasteiger partial charge on any atom is 0.269 e. The van der Waals surface area contributed by atoms with Crippen molar-refractivity contribution in [3.63, 3.8) is 0 Å². The van der Waals surface area contributed by atoms with Gasteiger partial charge in [-0.25, -0.2) is 4.39 Å². The van der Waals surface area contributed by atoms with Crippen LogP contribution in [0, 0.1) is 26.6 Å². The monoisotopic (exact) mass is 365 g/mol. The molecule has 1 amide bonds. The summed E-state index contributed by atoms with van der Waals surface area (Å²) in [4.78, 5) is 12.7. The van der Waals surface area contributed by atoms with Crippen molar-refractivity contribution in [3.05, 3.63) is 76.2 Å². The summed E-state index contributed by atoms with van der Waals surface area (Å²) in [5, 5.41) is 7.53. The van der Waals surface area contributed by atoms with Gasteiger partial charge in [0.05, 0.1) is 5.69 Å². The lowest BCUT2D eigenvalue weighted by atomic mass is 9.97. The zero-order valence-corrected chi connectivity index (χ0v) is 16.1. The highest BCUT2D eigenvalue weighted by atomic mass is 19.1. The Labute approximate surface area is 159 Å². The number of carbonyl (C=O) groups is 1. The van der Waals surface area contributed by atoms with E-state index in [0.29, 0.717) is 18.8 Å². The normalized spacial score (nSPS) is 10.9. The predicted molar refractivity (Wildman–Crippen MR) is 105 cm³/mol. The Morgan fingerprint density at radius 3 is 2.30 bits per heavy atom. The van der Waals surface area contributed by atoms with Crippen molar-refractivity contribution in [3.8, 4) is 11.3 Å². The Morgan fingerprint density at radius 1 is 1.07 bits per heavy atom. The second-order valence-corrected chi connectivity index (χ2v) is 6.81. The van der Waals surface area contributed by atoms with Crippen LogP contribution in [0.2, 0.25) is 0 Å². The van der Waals surface area contributed by atoms with Crippen molar-refractivity contribution >= 4 is 5.91 Å². The van der Waals surface area contributed by atoms with Gasteiger partial charge < -0.3 is 5.32 Å². The molecule has 1 heterocycles. The van der Waals surface area contributed by atoms with Crippen molar-refractivity contribution in [1.82, 2.24) is 15.1 Å². The van der Waals surface area contributed by atoms with E-state index in [4.69, 9.17) is 0 Å². The fraction of sp³-hybridized carbons (Fsp3) is 0.273. The number of aromatic nitrogens is 2. The van der Waals surface area contributed by atoms with Crippen LogP contribution in [-0.4, -0.2) is 15.7 Å². The highest BCUT2D eigenvalue weighted by Gasteiger charge is 2.17. The van der Waals surface area contributed by atoms with Gasteiger partial charge in [0.1, 0.15) is 11.5 Å². The maximum absolute atomic E-state index is 13.0. The summed E-state index contributed by atoms with van der Waals surface area (Å²) in [6.45, 7) is 9.10. The largest absolute Gasteiger partial charge is 0.347 e. The third kappa shape index (κ3) is 4.08. The minimum Gasteiger partial charge on any atom is -0.347 e. The summed E-state index contributed by atoms with van der Waals surface area (Å²) in [5.74, 6) is -0.482. The minimum atomic E-state index is -0.289. The van der Waals surface area contributed by atoms with E-state index in [1.807, 2.05) is 13.0 Å². The van der Waals surface area contributed by atoms with Gasteiger partial charge in [0.2, 0.25) is 0 Å². The SMILES string of the molecule is CCn1nc(-c2c(C)cc(C)cc2C)cc1C(=O)NCc1ccc(F)cc1. The number of hydrogen-bond acceptors (Lipinski definition) is 2. The lowest BCUT2D eigenvalue weighted by Crippen LogP contribution is -2.25. The number of hydrogen-bond donors (Lipinski definition) is 1. The van der Waals surface area contributed by atoms with Crippen LogP contribution in [0.15, 0.2) is 42.5 Å². The number of carbonyl (C=O) groups excluding carboxylic acids is 1. The van der Waals surface area contributed by atoms with Gasteiger partial charge in [-0.3, -0.25) is 9.48 Å². The number of amides is 1. The standard InChI is InChI=1S/C22H24FN3O/c1-5-26-20(22(27)24-13-17-6-8-18(23)9-7-17)12-19(25-26)21-15(3)10-14(2)11-16(21)4/h6-12H,5,13H2,1-4H3,(H,24,27). The van der Waals surface area contributed by atoms with Crippen molar-refractivity contribution in [1.29, 1.82) is 0 Å². The first kappa shape index (κ1) is 18.8. The van der Waals surface area contributed by atoms with Gasteiger partial charge in [-0.2, -0.15) is 5.10 Å². The quantitative estimate of drug-likeness (QED) is 0.720. The second kappa shape index (κ2) is 7.74. The van der Waals surface area contributed by atoms with Gasteiger partial charge in [0.15, 0.2) is 0 Å². The molecule has 0 spiro atoms. The molecular formula is C22H24FN3O. The first-order chi connectivity index (χ1) is 12.9. The second-order valence-electron chi connectivity index (χ2n) is 6.81. The van der Waals surface area contributed by atoms with E-state index >= 15 is 0 Å². The molecule has 5 heteroatoms. The van der Waals surface area contributed by atoms with E-state index in [9.17, 15) is 9.18 Å². The number of rotatable bonds is 5. The van der Waals surface area contributed by atoms with Crippen LogP contribution < -0.4 is 5.32 Å². The molecule has 4 nitrogen and oxygen atoms in total. The van der Waals surface area contributed by atoms with Gasteiger partial charge >= 0.3 is 0 Å². The van der Waals surface area contributed by atoms with E-state index in [2.05, 4.69) is 43.3 Å². The number of aryl methyl sites for hydroxylation is 4. The van der Waals surface area contributed by atoms with E-state index < -0.39 is 0 Å². The molecule has 0 bridgehead atoms. The first-order valence-electron chi connectivity index (χ1n) is 9.07. The van der Waals surface area contributed by atoms with Crippen molar-refractivity contribution < 1.29 is 9.18 Å². The molecule has 0 saturated carbocycles. The molecule has 3 rings (SSSR count). The van der Waals surface area contributed by atoms with Crippen LogP contribution in [0.3, 0.4) is 0 Å². The average molecular weight is 365 g/mol. The van der Waals surface area contributed by atoms with Crippen molar-refractivity contribution in [2.75, 3.05) is 0 Å². The Morgan fingerprint density at radius 2 is 1.70 bits per heavy atom. The number of benzene rings is 2. The maximum atomic E-state index is 13.0. The van der Waals surface area contributed by atoms with Crippen LogP contribution in [0.4, 0.5) is 4.39 Å². The molecule has 3 aromatic rings. The summed E-state index contributed by atoms with van der Waals surface area (Å²) in [5.41, 5.74) is 6.74. The number of nitrogens with zero attached hydrogens (tertiary/aromatic N) is 2.